The van der Waals surface area contributed by atoms with Gasteiger partial charge in [-0.1, -0.05) is 6.07 Å². The standard InChI is InChI=1S/C18H18N4O2S/c1-25(23,24)15-6-7-17-16(9-15)18(21-12-20-17)22(14-4-5-14)11-13-3-2-8-19-10-13/h2-3,6-10,12,14H,4-5,11H2,1H3. The molecule has 6 nitrogen and oxygen atoms in total. The van der Waals surface area contributed by atoms with Crippen molar-refractivity contribution >= 4 is 26.6 Å². The van der Waals surface area contributed by atoms with E-state index in [1.807, 2.05) is 18.3 Å². The third-order valence-corrected chi connectivity index (χ3v) is 5.46. The summed E-state index contributed by atoms with van der Waals surface area (Å²) in [7, 11) is -3.28. The second kappa shape index (κ2) is 6.07. The first-order valence-electron chi connectivity index (χ1n) is 8.13. The lowest BCUT2D eigenvalue weighted by Crippen LogP contribution is -2.26. The Morgan fingerprint density at radius 1 is 1.20 bits per heavy atom. The first kappa shape index (κ1) is 16.0. The fraction of sp³-hybridized carbons (Fsp3) is 0.278. The van der Waals surface area contributed by atoms with Crippen molar-refractivity contribution in [2.75, 3.05) is 11.2 Å². The van der Waals surface area contributed by atoms with Gasteiger partial charge < -0.3 is 4.90 Å². The number of pyridine rings is 1. The Morgan fingerprint density at radius 3 is 2.72 bits per heavy atom. The van der Waals surface area contributed by atoms with Crippen LogP contribution in [0.25, 0.3) is 10.9 Å². The van der Waals surface area contributed by atoms with Crippen LogP contribution in [0.2, 0.25) is 0 Å². The Bertz CT molecular complexity index is 1020. The smallest absolute Gasteiger partial charge is 0.175 e. The Labute approximate surface area is 146 Å². The SMILES string of the molecule is CS(=O)(=O)c1ccc2ncnc(N(Cc3cccnc3)C3CC3)c2c1. The quantitative estimate of drug-likeness (QED) is 0.701. The van der Waals surface area contributed by atoms with E-state index < -0.39 is 9.84 Å². The van der Waals surface area contributed by atoms with Gasteiger partial charge >= 0.3 is 0 Å². The van der Waals surface area contributed by atoms with Crippen LogP contribution in [0.4, 0.5) is 5.82 Å². The zero-order valence-electron chi connectivity index (χ0n) is 13.8. The minimum Gasteiger partial charge on any atom is -0.349 e. The summed E-state index contributed by atoms with van der Waals surface area (Å²) in [5.41, 5.74) is 1.84. The number of aromatic nitrogens is 3. The summed E-state index contributed by atoms with van der Waals surface area (Å²) in [6.07, 6.45) is 8.57. The minimum atomic E-state index is -3.28. The molecule has 1 aliphatic rings. The summed E-state index contributed by atoms with van der Waals surface area (Å²) in [5.74, 6) is 0.779. The molecule has 0 radical (unpaired) electrons. The van der Waals surface area contributed by atoms with Crippen molar-refractivity contribution in [1.29, 1.82) is 0 Å². The third-order valence-electron chi connectivity index (χ3n) is 4.35. The van der Waals surface area contributed by atoms with E-state index in [1.54, 1.807) is 24.4 Å². The molecule has 4 rings (SSSR count). The van der Waals surface area contributed by atoms with Crippen LogP contribution in [0.1, 0.15) is 18.4 Å². The predicted molar refractivity (Wildman–Crippen MR) is 96.1 cm³/mol. The van der Waals surface area contributed by atoms with E-state index in [9.17, 15) is 8.42 Å². The Kier molecular flexibility index (Phi) is 3.88. The van der Waals surface area contributed by atoms with E-state index in [2.05, 4.69) is 19.9 Å². The number of hydrogen-bond donors (Lipinski definition) is 0. The molecule has 3 aromatic rings. The highest BCUT2D eigenvalue weighted by Crippen LogP contribution is 2.35. The molecule has 0 unspecified atom stereocenters. The maximum Gasteiger partial charge on any atom is 0.175 e. The highest BCUT2D eigenvalue weighted by atomic mass is 32.2. The molecule has 1 aliphatic carbocycles. The molecule has 1 fully saturated rings. The fourth-order valence-electron chi connectivity index (χ4n) is 2.93. The van der Waals surface area contributed by atoms with Gasteiger partial charge in [-0.15, -0.1) is 0 Å². The van der Waals surface area contributed by atoms with Gasteiger partial charge in [0, 0.05) is 36.6 Å². The highest BCUT2D eigenvalue weighted by Gasteiger charge is 2.31. The monoisotopic (exact) mass is 354 g/mol. The first-order chi connectivity index (χ1) is 12.0. The molecule has 0 bridgehead atoms. The van der Waals surface area contributed by atoms with Crippen molar-refractivity contribution in [3.05, 3.63) is 54.6 Å². The van der Waals surface area contributed by atoms with E-state index in [0.29, 0.717) is 12.6 Å². The summed E-state index contributed by atoms with van der Waals surface area (Å²) in [4.78, 5) is 15.5. The zero-order chi connectivity index (χ0) is 17.4. The van der Waals surface area contributed by atoms with Gasteiger partial charge in [-0.25, -0.2) is 18.4 Å². The van der Waals surface area contributed by atoms with E-state index in [0.717, 1.165) is 35.1 Å². The summed E-state index contributed by atoms with van der Waals surface area (Å²) < 4.78 is 23.9. The molecule has 0 spiro atoms. The molecule has 25 heavy (non-hydrogen) atoms. The number of nitrogens with zero attached hydrogens (tertiary/aromatic N) is 4. The lowest BCUT2D eigenvalue weighted by atomic mass is 10.2. The maximum absolute atomic E-state index is 11.9. The molecule has 7 heteroatoms. The first-order valence-corrected chi connectivity index (χ1v) is 10.0. The van der Waals surface area contributed by atoms with Crippen LogP contribution in [0.5, 0.6) is 0 Å². The molecular formula is C18H18N4O2S. The zero-order valence-corrected chi connectivity index (χ0v) is 14.6. The van der Waals surface area contributed by atoms with E-state index in [4.69, 9.17) is 0 Å². The number of fused-ring (bicyclic) bond motifs is 1. The topological polar surface area (TPSA) is 76.1 Å². The molecule has 2 aromatic heterocycles. The molecule has 0 aliphatic heterocycles. The number of sulfone groups is 1. The van der Waals surface area contributed by atoms with Crippen molar-refractivity contribution in [2.24, 2.45) is 0 Å². The van der Waals surface area contributed by atoms with Crippen LogP contribution in [0, 0.1) is 0 Å². The summed E-state index contributed by atoms with van der Waals surface area (Å²) in [6.45, 7) is 0.688. The molecular weight excluding hydrogens is 336 g/mol. The van der Waals surface area contributed by atoms with Gasteiger partial charge in [-0.2, -0.15) is 0 Å². The lowest BCUT2D eigenvalue weighted by molar-refractivity contribution is 0.602. The van der Waals surface area contributed by atoms with Crippen LogP contribution in [0.15, 0.2) is 53.9 Å². The molecule has 0 amide bonds. The van der Waals surface area contributed by atoms with Crippen LogP contribution in [0.3, 0.4) is 0 Å². The summed E-state index contributed by atoms with van der Waals surface area (Å²) in [6, 6.07) is 9.38. The molecule has 1 aromatic carbocycles. The average Bonchev–Trinajstić information content (AvgIpc) is 3.44. The van der Waals surface area contributed by atoms with Crippen molar-refractivity contribution in [2.45, 2.75) is 30.3 Å². The van der Waals surface area contributed by atoms with Gasteiger partial charge in [-0.05, 0) is 42.7 Å². The molecule has 2 heterocycles. The highest BCUT2D eigenvalue weighted by molar-refractivity contribution is 7.90. The average molecular weight is 354 g/mol. The van der Waals surface area contributed by atoms with Gasteiger partial charge in [0.2, 0.25) is 0 Å². The molecule has 0 atom stereocenters. The second-order valence-electron chi connectivity index (χ2n) is 6.37. The summed E-state index contributed by atoms with van der Waals surface area (Å²) >= 11 is 0. The minimum absolute atomic E-state index is 0.285. The van der Waals surface area contributed by atoms with Gasteiger partial charge in [0.25, 0.3) is 0 Å². The van der Waals surface area contributed by atoms with Crippen molar-refractivity contribution < 1.29 is 8.42 Å². The number of benzene rings is 1. The van der Waals surface area contributed by atoms with Gasteiger partial charge in [0.15, 0.2) is 9.84 Å². The Hall–Kier alpha value is -2.54. The van der Waals surface area contributed by atoms with Gasteiger partial charge in [0.1, 0.15) is 12.1 Å². The fourth-order valence-corrected chi connectivity index (χ4v) is 3.58. The Balaban J connectivity index is 1.82. The van der Waals surface area contributed by atoms with E-state index >= 15 is 0 Å². The molecule has 128 valence electrons. The predicted octanol–water partition coefficient (Wildman–Crippen LogP) is 2.60. The molecule has 0 saturated heterocycles. The number of anilines is 1. The number of rotatable bonds is 5. The van der Waals surface area contributed by atoms with Crippen LogP contribution in [-0.4, -0.2) is 35.7 Å². The third kappa shape index (κ3) is 3.32. The van der Waals surface area contributed by atoms with Crippen molar-refractivity contribution in [3.8, 4) is 0 Å². The van der Waals surface area contributed by atoms with Crippen LogP contribution < -0.4 is 4.90 Å². The maximum atomic E-state index is 11.9. The summed E-state index contributed by atoms with van der Waals surface area (Å²) in [5, 5.41) is 0.765. The molecule has 0 N–H and O–H groups in total. The van der Waals surface area contributed by atoms with E-state index in [1.165, 1.54) is 12.6 Å². The van der Waals surface area contributed by atoms with Crippen molar-refractivity contribution in [3.63, 3.8) is 0 Å². The van der Waals surface area contributed by atoms with E-state index in [-0.39, 0.29) is 4.90 Å². The Morgan fingerprint density at radius 2 is 2.04 bits per heavy atom. The van der Waals surface area contributed by atoms with Crippen LogP contribution in [-0.2, 0) is 16.4 Å². The number of hydrogen-bond acceptors (Lipinski definition) is 6. The van der Waals surface area contributed by atoms with Gasteiger partial charge in [-0.3, -0.25) is 4.98 Å². The van der Waals surface area contributed by atoms with Crippen LogP contribution >= 0.6 is 0 Å². The largest absolute Gasteiger partial charge is 0.349 e. The second-order valence-corrected chi connectivity index (χ2v) is 8.38. The van der Waals surface area contributed by atoms with Gasteiger partial charge in [0.05, 0.1) is 10.4 Å². The lowest BCUT2D eigenvalue weighted by Gasteiger charge is -2.24. The van der Waals surface area contributed by atoms with Crippen molar-refractivity contribution in [1.82, 2.24) is 15.0 Å². The normalized spacial score (nSPS) is 14.6. The molecule has 1 saturated carbocycles.